The highest BCUT2D eigenvalue weighted by atomic mass is 32.2. The van der Waals surface area contributed by atoms with E-state index in [0.717, 1.165) is 26.9 Å². The standard InChI is InChI=1S/C24H23N3O3S/c1-31-22-7-6-15(12-25-22)10-16-11-19-23(18-5-3-2-4-17(16)18)26-14-27(24(19)29)20-8-9-30-13-21(20)28/h2-7,11-12,14,20-21,28H,8-10,13H2,1H3. The van der Waals surface area contributed by atoms with E-state index < -0.39 is 6.10 Å². The SMILES string of the molecule is CSc1ccc(Cc2cc3c(=O)n(C4CCOCC4O)cnc3c3ccccc23)cn1. The van der Waals surface area contributed by atoms with Gasteiger partial charge in [-0.05, 0) is 47.7 Å². The van der Waals surface area contributed by atoms with Crippen LogP contribution in [0.4, 0.5) is 0 Å². The molecule has 1 fully saturated rings. The minimum atomic E-state index is -0.716. The van der Waals surface area contributed by atoms with E-state index in [9.17, 15) is 9.90 Å². The topological polar surface area (TPSA) is 77.2 Å². The molecule has 1 N–H and O–H groups in total. The molecule has 1 aliphatic heterocycles. The first-order valence-corrected chi connectivity index (χ1v) is 11.5. The number of ether oxygens (including phenoxy) is 1. The summed E-state index contributed by atoms with van der Waals surface area (Å²) in [6.45, 7) is 0.755. The van der Waals surface area contributed by atoms with Gasteiger partial charge in [-0.3, -0.25) is 9.36 Å². The first-order valence-electron chi connectivity index (χ1n) is 10.3. The fraction of sp³-hybridized carbons (Fsp3) is 0.292. The van der Waals surface area contributed by atoms with Gasteiger partial charge in [-0.15, -0.1) is 11.8 Å². The Morgan fingerprint density at radius 2 is 2.00 bits per heavy atom. The van der Waals surface area contributed by atoms with Gasteiger partial charge in [0, 0.05) is 18.2 Å². The number of benzene rings is 2. The summed E-state index contributed by atoms with van der Waals surface area (Å²) >= 11 is 1.61. The van der Waals surface area contributed by atoms with E-state index in [2.05, 4.69) is 22.1 Å². The molecule has 0 bridgehead atoms. The van der Waals surface area contributed by atoms with E-state index in [1.165, 1.54) is 0 Å². The van der Waals surface area contributed by atoms with Crippen LogP contribution in [0.1, 0.15) is 23.6 Å². The van der Waals surface area contributed by atoms with E-state index in [1.54, 1.807) is 22.7 Å². The van der Waals surface area contributed by atoms with Gasteiger partial charge in [0.1, 0.15) is 0 Å². The summed E-state index contributed by atoms with van der Waals surface area (Å²) in [4.78, 5) is 22.6. The molecule has 0 amide bonds. The largest absolute Gasteiger partial charge is 0.389 e. The summed E-state index contributed by atoms with van der Waals surface area (Å²) in [5.74, 6) is 0. The molecule has 0 spiro atoms. The monoisotopic (exact) mass is 433 g/mol. The quantitative estimate of drug-likeness (QED) is 0.392. The van der Waals surface area contributed by atoms with Crippen molar-refractivity contribution >= 4 is 33.4 Å². The van der Waals surface area contributed by atoms with E-state index >= 15 is 0 Å². The average Bonchev–Trinajstić information content (AvgIpc) is 2.81. The Bertz CT molecular complexity index is 1300. The molecule has 0 radical (unpaired) electrons. The van der Waals surface area contributed by atoms with Crippen LogP contribution in [-0.4, -0.2) is 45.2 Å². The molecule has 0 saturated carbocycles. The molecule has 4 aromatic rings. The number of aliphatic hydroxyl groups excluding tert-OH is 1. The van der Waals surface area contributed by atoms with Crippen molar-refractivity contribution in [3.63, 3.8) is 0 Å². The van der Waals surface area contributed by atoms with Gasteiger partial charge in [0.2, 0.25) is 0 Å². The molecule has 7 heteroatoms. The maximum absolute atomic E-state index is 13.5. The fourth-order valence-electron chi connectivity index (χ4n) is 4.32. The molecule has 5 rings (SSSR count). The van der Waals surface area contributed by atoms with Gasteiger partial charge in [-0.2, -0.15) is 0 Å². The third-order valence-corrected chi connectivity index (χ3v) is 6.59. The van der Waals surface area contributed by atoms with Gasteiger partial charge in [0.05, 0.1) is 41.0 Å². The van der Waals surface area contributed by atoms with Gasteiger partial charge in [0.25, 0.3) is 5.56 Å². The van der Waals surface area contributed by atoms with Crippen LogP contribution in [0.3, 0.4) is 0 Å². The van der Waals surface area contributed by atoms with Gasteiger partial charge in [-0.25, -0.2) is 9.97 Å². The molecule has 2 atom stereocenters. The van der Waals surface area contributed by atoms with Crippen LogP contribution in [0.5, 0.6) is 0 Å². The Hall–Kier alpha value is -2.74. The number of fused-ring (bicyclic) bond motifs is 3. The van der Waals surface area contributed by atoms with Crippen LogP contribution < -0.4 is 5.56 Å². The lowest BCUT2D eigenvalue weighted by atomic mass is 9.96. The number of hydrogen-bond acceptors (Lipinski definition) is 6. The number of aromatic nitrogens is 3. The Kier molecular flexibility index (Phi) is 5.48. The van der Waals surface area contributed by atoms with Gasteiger partial charge < -0.3 is 9.84 Å². The predicted molar refractivity (Wildman–Crippen MR) is 123 cm³/mol. The van der Waals surface area contributed by atoms with Crippen LogP contribution in [0, 0.1) is 0 Å². The number of rotatable bonds is 4. The minimum Gasteiger partial charge on any atom is -0.389 e. The molecule has 1 saturated heterocycles. The molecule has 3 heterocycles. The molecule has 2 aromatic heterocycles. The number of thioether (sulfide) groups is 1. The zero-order valence-electron chi connectivity index (χ0n) is 17.2. The third kappa shape index (κ3) is 3.73. The Morgan fingerprint density at radius 3 is 2.74 bits per heavy atom. The van der Waals surface area contributed by atoms with Crippen molar-refractivity contribution in [3.8, 4) is 0 Å². The van der Waals surface area contributed by atoms with Gasteiger partial charge >= 0.3 is 0 Å². The molecule has 0 aliphatic carbocycles. The minimum absolute atomic E-state index is 0.126. The van der Waals surface area contributed by atoms with Crippen LogP contribution in [0.2, 0.25) is 0 Å². The highest BCUT2D eigenvalue weighted by Crippen LogP contribution is 2.29. The summed E-state index contributed by atoms with van der Waals surface area (Å²) in [5.41, 5.74) is 2.72. The molecular formula is C24H23N3O3S. The molecule has 1 aliphatic rings. The molecule has 6 nitrogen and oxygen atoms in total. The van der Waals surface area contributed by atoms with Crippen molar-refractivity contribution in [3.05, 3.63) is 76.5 Å². The van der Waals surface area contributed by atoms with Crippen molar-refractivity contribution in [1.29, 1.82) is 0 Å². The number of aliphatic hydroxyl groups is 1. The van der Waals surface area contributed by atoms with Crippen molar-refractivity contribution in [1.82, 2.24) is 14.5 Å². The highest BCUT2D eigenvalue weighted by Gasteiger charge is 2.27. The lowest BCUT2D eigenvalue weighted by Gasteiger charge is -2.29. The van der Waals surface area contributed by atoms with Crippen LogP contribution in [0.15, 0.2) is 64.8 Å². The van der Waals surface area contributed by atoms with Crippen molar-refractivity contribution in [2.24, 2.45) is 0 Å². The number of nitrogens with zero attached hydrogens (tertiary/aromatic N) is 3. The summed E-state index contributed by atoms with van der Waals surface area (Å²) in [7, 11) is 0. The van der Waals surface area contributed by atoms with Crippen molar-refractivity contribution in [2.75, 3.05) is 19.5 Å². The lowest BCUT2D eigenvalue weighted by Crippen LogP contribution is -2.39. The van der Waals surface area contributed by atoms with Gasteiger partial charge in [-0.1, -0.05) is 30.3 Å². The van der Waals surface area contributed by atoms with E-state index in [0.29, 0.717) is 30.4 Å². The van der Waals surface area contributed by atoms with Crippen molar-refractivity contribution in [2.45, 2.75) is 30.0 Å². The average molecular weight is 434 g/mol. The summed E-state index contributed by atoms with van der Waals surface area (Å²) in [6, 6.07) is 13.8. The zero-order valence-corrected chi connectivity index (χ0v) is 18.0. The Balaban J connectivity index is 1.67. The third-order valence-electron chi connectivity index (χ3n) is 5.93. The smallest absolute Gasteiger partial charge is 0.261 e. The number of hydrogen-bond donors (Lipinski definition) is 1. The van der Waals surface area contributed by atoms with E-state index in [-0.39, 0.29) is 18.2 Å². The molecule has 158 valence electrons. The first kappa shape index (κ1) is 20.2. The summed E-state index contributed by atoms with van der Waals surface area (Å²) < 4.78 is 6.90. The summed E-state index contributed by atoms with van der Waals surface area (Å²) in [6.07, 6.45) is 6.01. The molecule has 31 heavy (non-hydrogen) atoms. The van der Waals surface area contributed by atoms with E-state index in [1.807, 2.05) is 42.8 Å². The van der Waals surface area contributed by atoms with Crippen LogP contribution >= 0.6 is 11.8 Å². The maximum Gasteiger partial charge on any atom is 0.261 e. The lowest BCUT2D eigenvalue weighted by molar-refractivity contribution is -0.0395. The van der Waals surface area contributed by atoms with Crippen LogP contribution in [0.25, 0.3) is 21.7 Å². The fourth-order valence-corrected chi connectivity index (χ4v) is 4.69. The van der Waals surface area contributed by atoms with Crippen molar-refractivity contribution < 1.29 is 9.84 Å². The zero-order chi connectivity index (χ0) is 21.4. The maximum atomic E-state index is 13.5. The Morgan fingerprint density at radius 1 is 1.16 bits per heavy atom. The number of pyridine rings is 1. The second-order valence-corrected chi connectivity index (χ2v) is 8.64. The first-order chi connectivity index (χ1) is 15.2. The second-order valence-electron chi connectivity index (χ2n) is 7.82. The van der Waals surface area contributed by atoms with Gasteiger partial charge in [0.15, 0.2) is 0 Å². The Labute approximate surface area is 183 Å². The molecule has 2 unspecified atom stereocenters. The second kappa shape index (κ2) is 8.42. The predicted octanol–water partition coefficient (Wildman–Crippen LogP) is 3.58. The summed E-state index contributed by atoms with van der Waals surface area (Å²) in [5, 5.41) is 14.0. The molecule has 2 aromatic carbocycles. The van der Waals surface area contributed by atoms with E-state index in [4.69, 9.17) is 4.74 Å². The molecular weight excluding hydrogens is 410 g/mol. The highest BCUT2D eigenvalue weighted by molar-refractivity contribution is 7.98. The normalized spacial score (nSPS) is 19.2. The van der Waals surface area contributed by atoms with Crippen LogP contribution in [-0.2, 0) is 11.2 Å².